The number of para-hydroxylation sites is 1. The summed E-state index contributed by atoms with van der Waals surface area (Å²) < 4.78 is 0.954. The van der Waals surface area contributed by atoms with Gasteiger partial charge in [-0.3, -0.25) is 14.6 Å². The second-order valence-electron chi connectivity index (χ2n) is 10.6. The number of thiazole rings is 1. The number of pyridine rings is 1. The van der Waals surface area contributed by atoms with Crippen LogP contribution in [0.2, 0.25) is 0 Å². The van der Waals surface area contributed by atoms with Gasteiger partial charge in [-0.05, 0) is 62.4 Å². The molecule has 0 bridgehead atoms. The van der Waals surface area contributed by atoms with E-state index in [-0.39, 0.29) is 29.7 Å². The zero-order chi connectivity index (χ0) is 25.9. The predicted octanol–water partition coefficient (Wildman–Crippen LogP) is 6.26. The average Bonchev–Trinajstić information content (AvgIpc) is 3.62. The molecule has 2 aromatic carbocycles. The van der Waals surface area contributed by atoms with Gasteiger partial charge in [-0.25, -0.2) is 4.98 Å². The van der Waals surface area contributed by atoms with Crippen molar-refractivity contribution in [2.24, 2.45) is 11.8 Å². The molecule has 0 spiro atoms. The Balaban J connectivity index is 1.04. The minimum atomic E-state index is -0.0425. The van der Waals surface area contributed by atoms with E-state index in [1.165, 1.54) is 11.3 Å². The van der Waals surface area contributed by atoms with E-state index in [2.05, 4.69) is 39.1 Å². The molecule has 2 aliphatic carbocycles. The summed E-state index contributed by atoms with van der Waals surface area (Å²) in [7, 11) is 0. The highest BCUT2D eigenvalue weighted by atomic mass is 32.1. The maximum atomic E-state index is 13.1. The Morgan fingerprint density at radius 2 is 1.63 bits per heavy atom. The van der Waals surface area contributed by atoms with E-state index in [0.717, 1.165) is 83.9 Å². The van der Waals surface area contributed by atoms with Crippen molar-refractivity contribution < 1.29 is 9.59 Å². The lowest BCUT2D eigenvalue weighted by Crippen LogP contribution is -2.37. The minimum absolute atomic E-state index is 0.0362. The van der Waals surface area contributed by atoms with Crippen molar-refractivity contribution in [3.63, 3.8) is 0 Å². The van der Waals surface area contributed by atoms with Crippen LogP contribution in [0.25, 0.3) is 21.1 Å². The lowest BCUT2D eigenvalue weighted by atomic mass is 9.85. The largest absolute Gasteiger partial charge is 0.326 e. The van der Waals surface area contributed by atoms with E-state index in [0.29, 0.717) is 11.7 Å². The fraction of sp³-hybridized carbons (Fsp3) is 0.400. The van der Waals surface area contributed by atoms with Gasteiger partial charge in [0.2, 0.25) is 11.8 Å². The molecule has 4 aromatic rings. The zero-order valence-corrected chi connectivity index (χ0v) is 22.2. The molecule has 38 heavy (non-hydrogen) atoms. The van der Waals surface area contributed by atoms with Crippen LogP contribution in [0.5, 0.6) is 0 Å². The van der Waals surface area contributed by atoms with Gasteiger partial charge in [0.15, 0.2) is 5.13 Å². The third-order valence-electron chi connectivity index (χ3n) is 7.89. The highest BCUT2D eigenvalue weighted by Gasteiger charge is 2.28. The van der Waals surface area contributed by atoms with Crippen LogP contribution in [0, 0.1) is 11.8 Å². The van der Waals surface area contributed by atoms with Gasteiger partial charge < -0.3 is 16.0 Å². The van der Waals surface area contributed by atoms with Gasteiger partial charge in [0.25, 0.3) is 0 Å². The van der Waals surface area contributed by atoms with E-state index in [1.54, 1.807) is 0 Å². The summed E-state index contributed by atoms with van der Waals surface area (Å²) in [6.45, 7) is 0.696. The Bertz CT molecular complexity index is 1460. The number of rotatable bonds is 7. The predicted molar refractivity (Wildman–Crippen MR) is 153 cm³/mol. The standard InChI is InChI=1S/C30H33N5O2S/c36-28(20-7-1-2-8-20)33-23-14-15-26-27(17-23)38-30(34-26)35-29(37)21-9-5-10-22(16-21)31-18-24-13-12-19-6-3-4-11-25(19)32-24/h3-4,6,11-15,17,20-22,31H,1-2,5,7-10,16,18H2,(H,33,36)(H,34,35,37)/t21-,22+/m1/s1. The molecule has 2 aliphatic rings. The van der Waals surface area contributed by atoms with Gasteiger partial charge >= 0.3 is 0 Å². The molecule has 6 rings (SSSR count). The van der Waals surface area contributed by atoms with Crippen molar-refractivity contribution in [3.05, 3.63) is 60.3 Å². The number of carbonyl (C=O) groups excluding carboxylic acids is 2. The molecular weight excluding hydrogens is 494 g/mol. The summed E-state index contributed by atoms with van der Waals surface area (Å²) >= 11 is 1.45. The fourth-order valence-corrected chi connectivity index (χ4v) is 6.67. The molecule has 0 aliphatic heterocycles. The average molecular weight is 528 g/mol. The van der Waals surface area contributed by atoms with Crippen molar-refractivity contribution in [2.45, 2.75) is 64.0 Å². The second kappa shape index (κ2) is 11.2. The number of fused-ring (bicyclic) bond motifs is 2. The van der Waals surface area contributed by atoms with Gasteiger partial charge in [0.05, 0.1) is 21.4 Å². The van der Waals surface area contributed by atoms with Crippen molar-refractivity contribution in [1.29, 1.82) is 0 Å². The van der Waals surface area contributed by atoms with Crippen molar-refractivity contribution in [1.82, 2.24) is 15.3 Å². The molecule has 0 saturated heterocycles. The number of aromatic nitrogens is 2. The number of nitrogens with zero attached hydrogens (tertiary/aromatic N) is 2. The highest BCUT2D eigenvalue weighted by molar-refractivity contribution is 7.22. The third kappa shape index (κ3) is 5.71. The van der Waals surface area contributed by atoms with Crippen LogP contribution in [-0.4, -0.2) is 27.8 Å². The molecule has 2 saturated carbocycles. The Labute approximate surface area is 226 Å². The van der Waals surface area contributed by atoms with Crippen molar-refractivity contribution in [2.75, 3.05) is 10.6 Å². The molecule has 8 heteroatoms. The van der Waals surface area contributed by atoms with Gasteiger partial charge in [0.1, 0.15) is 0 Å². The van der Waals surface area contributed by atoms with E-state index in [4.69, 9.17) is 4.98 Å². The number of carbonyl (C=O) groups is 2. The lowest BCUT2D eigenvalue weighted by Gasteiger charge is -2.28. The van der Waals surface area contributed by atoms with Crippen LogP contribution >= 0.6 is 11.3 Å². The number of benzene rings is 2. The molecule has 2 atom stereocenters. The normalized spacial score (nSPS) is 20.1. The van der Waals surface area contributed by atoms with E-state index < -0.39 is 0 Å². The molecule has 2 fully saturated rings. The molecule has 2 heterocycles. The number of nitrogens with one attached hydrogen (secondary N) is 3. The number of anilines is 2. The SMILES string of the molecule is O=C(Nc1ccc2nc(NC(=O)[C@@H]3CCC[C@H](NCc4ccc5ccccc5n4)C3)sc2c1)C1CCCC1. The van der Waals surface area contributed by atoms with Gasteiger partial charge in [-0.2, -0.15) is 0 Å². The van der Waals surface area contributed by atoms with E-state index in [1.807, 2.05) is 36.4 Å². The van der Waals surface area contributed by atoms with Gasteiger partial charge in [0, 0.05) is 35.5 Å². The second-order valence-corrected chi connectivity index (χ2v) is 11.6. The molecule has 0 unspecified atom stereocenters. The minimum Gasteiger partial charge on any atom is -0.326 e. The van der Waals surface area contributed by atoms with Crippen molar-refractivity contribution >= 4 is 55.1 Å². The smallest absolute Gasteiger partial charge is 0.229 e. The first-order chi connectivity index (χ1) is 18.6. The molecular formula is C30H33N5O2S. The molecule has 3 N–H and O–H groups in total. The summed E-state index contributed by atoms with van der Waals surface area (Å²) in [5.74, 6) is 0.227. The Morgan fingerprint density at radius 1 is 0.816 bits per heavy atom. The summed E-state index contributed by atoms with van der Waals surface area (Å²) in [4.78, 5) is 35.0. The van der Waals surface area contributed by atoms with Crippen LogP contribution in [0.15, 0.2) is 54.6 Å². The Morgan fingerprint density at radius 3 is 2.53 bits per heavy atom. The first-order valence-corrected chi connectivity index (χ1v) is 14.5. The summed E-state index contributed by atoms with van der Waals surface area (Å²) in [5, 5.41) is 11.5. The van der Waals surface area contributed by atoms with Crippen LogP contribution in [0.3, 0.4) is 0 Å². The van der Waals surface area contributed by atoms with Crippen LogP contribution in [0.4, 0.5) is 10.8 Å². The Hall–Kier alpha value is -3.36. The van der Waals surface area contributed by atoms with E-state index in [9.17, 15) is 9.59 Å². The topological polar surface area (TPSA) is 96.0 Å². The summed E-state index contributed by atoms with van der Waals surface area (Å²) in [5.41, 5.74) is 3.64. The Kier molecular flexibility index (Phi) is 7.33. The fourth-order valence-electron chi connectivity index (χ4n) is 5.76. The van der Waals surface area contributed by atoms with Gasteiger partial charge in [-0.15, -0.1) is 0 Å². The summed E-state index contributed by atoms with van der Waals surface area (Å²) in [6, 6.07) is 18.4. The van der Waals surface area contributed by atoms with Gasteiger partial charge in [-0.1, -0.05) is 54.9 Å². The lowest BCUT2D eigenvalue weighted by molar-refractivity contribution is -0.121. The number of hydrogen-bond donors (Lipinski definition) is 3. The third-order valence-corrected chi connectivity index (χ3v) is 8.82. The molecule has 2 aromatic heterocycles. The molecule has 2 amide bonds. The first-order valence-electron chi connectivity index (χ1n) is 13.7. The molecule has 0 radical (unpaired) electrons. The van der Waals surface area contributed by atoms with Crippen LogP contribution < -0.4 is 16.0 Å². The monoisotopic (exact) mass is 527 g/mol. The maximum Gasteiger partial charge on any atom is 0.229 e. The van der Waals surface area contributed by atoms with Crippen molar-refractivity contribution in [3.8, 4) is 0 Å². The number of hydrogen-bond acceptors (Lipinski definition) is 6. The molecule has 196 valence electrons. The highest BCUT2D eigenvalue weighted by Crippen LogP contribution is 2.32. The first kappa shape index (κ1) is 24.9. The number of amides is 2. The maximum absolute atomic E-state index is 13.1. The van der Waals surface area contributed by atoms with Crippen LogP contribution in [-0.2, 0) is 16.1 Å². The quantitative estimate of drug-likeness (QED) is 0.264. The van der Waals surface area contributed by atoms with Crippen LogP contribution in [0.1, 0.15) is 57.1 Å². The summed E-state index contributed by atoms with van der Waals surface area (Å²) in [6.07, 6.45) is 8.00. The van der Waals surface area contributed by atoms with E-state index >= 15 is 0 Å². The molecule has 7 nitrogen and oxygen atoms in total. The zero-order valence-electron chi connectivity index (χ0n) is 21.4.